The van der Waals surface area contributed by atoms with Crippen molar-refractivity contribution < 1.29 is 21.3 Å². The zero-order valence-corrected chi connectivity index (χ0v) is 11.3. The summed E-state index contributed by atoms with van der Waals surface area (Å²) in [4.78, 5) is 0. The van der Waals surface area contributed by atoms with Gasteiger partial charge < -0.3 is 14.5 Å². The summed E-state index contributed by atoms with van der Waals surface area (Å²) in [5.41, 5.74) is 1.70. The van der Waals surface area contributed by atoms with E-state index in [2.05, 4.69) is 0 Å². The third kappa shape index (κ3) is 2.01. The summed E-state index contributed by atoms with van der Waals surface area (Å²) in [6.45, 7) is 0. The van der Waals surface area contributed by atoms with Crippen LogP contribution < -0.4 is 5.46 Å². The van der Waals surface area contributed by atoms with Gasteiger partial charge in [0.15, 0.2) is 0 Å². The largest absolute Gasteiger partial charge is 0.489 e. The van der Waals surface area contributed by atoms with Crippen LogP contribution in [0.1, 0.15) is 6.85 Å². The third-order valence-corrected chi connectivity index (χ3v) is 3.60. The van der Waals surface area contributed by atoms with Crippen LogP contribution in [0.5, 0.6) is 0 Å². The van der Waals surface area contributed by atoms with Gasteiger partial charge in [-0.3, -0.25) is 0 Å². The first-order valence-electron chi connectivity index (χ1n) is 9.20. The molecule has 3 nitrogen and oxygen atoms in total. The Morgan fingerprint density at radius 2 is 1.73 bits per heavy atom. The van der Waals surface area contributed by atoms with Crippen LogP contribution in [-0.2, 0) is 0 Å². The Labute approximate surface area is 134 Å². The van der Waals surface area contributed by atoms with Crippen LogP contribution in [-0.4, -0.2) is 17.2 Å². The Kier molecular flexibility index (Phi) is 2.00. The van der Waals surface area contributed by atoms with E-state index in [1.54, 1.807) is 36.4 Å². The molecule has 0 fully saturated rings. The average molecular weight is 293 g/mol. The lowest BCUT2D eigenvalue weighted by Crippen LogP contribution is -2.30. The minimum atomic E-state index is -1.66. The Balaban J connectivity index is 2.02. The fourth-order valence-electron chi connectivity index (χ4n) is 2.62. The van der Waals surface area contributed by atoms with Gasteiger partial charge in [-0.1, -0.05) is 48.4 Å². The van der Waals surface area contributed by atoms with Crippen LogP contribution in [0.25, 0.3) is 33.1 Å². The maximum atomic E-state index is 9.60. The lowest BCUT2D eigenvalue weighted by atomic mass is 9.77. The van der Waals surface area contributed by atoms with E-state index in [1.807, 2.05) is 0 Å². The number of fused-ring (bicyclic) bond motifs is 3. The van der Waals surface area contributed by atoms with Gasteiger partial charge in [0.25, 0.3) is 0 Å². The minimum Gasteiger partial charge on any atom is -0.456 e. The number of furan rings is 1. The highest BCUT2D eigenvalue weighted by atomic mass is 16.4. The molecule has 0 aliphatic heterocycles. The standard InChI is InChI=1S/C18H13BO3/c20-19(21)15-7-4-8-16-18(15)14-10-9-13(11-17(14)22-16)12-5-2-1-3-6-12/h1-11,20-21H/i1D,2D,3D,5D,6D. The molecular weight excluding hydrogens is 275 g/mol. The summed E-state index contributed by atoms with van der Waals surface area (Å²) in [5.74, 6) is 0. The molecule has 0 amide bonds. The smallest absolute Gasteiger partial charge is 0.456 e. The van der Waals surface area contributed by atoms with Gasteiger partial charge in [0.1, 0.15) is 11.2 Å². The van der Waals surface area contributed by atoms with E-state index in [1.165, 1.54) is 0 Å². The second kappa shape index (κ2) is 5.02. The fraction of sp³-hybridized carbons (Fsp3) is 0. The molecule has 106 valence electrons. The summed E-state index contributed by atoms with van der Waals surface area (Å²) in [6, 6.07) is 8.02. The van der Waals surface area contributed by atoms with E-state index in [9.17, 15) is 10.0 Å². The predicted octanol–water partition coefficient (Wildman–Crippen LogP) is 2.93. The summed E-state index contributed by atoms with van der Waals surface area (Å²) in [5, 5.41) is 20.4. The number of hydrogen-bond acceptors (Lipinski definition) is 3. The van der Waals surface area contributed by atoms with Crippen LogP contribution in [0.15, 0.2) is 71.0 Å². The summed E-state index contributed by atoms with van der Waals surface area (Å²) >= 11 is 0. The van der Waals surface area contributed by atoms with Crippen LogP contribution in [0.2, 0.25) is 0 Å². The van der Waals surface area contributed by atoms with Crippen molar-refractivity contribution in [1.82, 2.24) is 0 Å². The normalized spacial score (nSPS) is 14.4. The molecule has 0 radical (unpaired) electrons. The average Bonchev–Trinajstić information content (AvgIpc) is 3.02. The number of benzene rings is 3. The summed E-state index contributed by atoms with van der Waals surface area (Å²) in [6.07, 6.45) is 0. The van der Waals surface area contributed by atoms with Crippen molar-refractivity contribution in [2.75, 3.05) is 0 Å². The molecule has 3 aromatic carbocycles. The first-order valence-corrected chi connectivity index (χ1v) is 6.70. The molecule has 0 unspecified atom stereocenters. The molecule has 4 heteroatoms. The lowest BCUT2D eigenvalue weighted by molar-refractivity contribution is 0.426. The molecule has 4 rings (SSSR count). The van der Waals surface area contributed by atoms with E-state index in [0.717, 1.165) is 0 Å². The summed E-state index contributed by atoms with van der Waals surface area (Å²) in [7, 11) is -1.66. The first kappa shape index (κ1) is 8.78. The highest BCUT2D eigenvalue weighted by Gasteiger charge is 2.19. The molecule has 0 saturated heterocycles. The lowest BCUT2D eigenvalue weighted by Gasteiger charge is -2.02. The molecule has 2 N–H and O–H groups in total. The van der Waals surface area contributed by atoms with Crippen LogP contribution in [0, 0.1) is 0 Å². The van der Waals surface area contributed by atoms with Gasteiger partial charge in [-0.15, -0.1) is 0 Å². The van der Waals surface area contributed by atoms with Crippen LogP contribution in [0.3, 0.4) is 0 Å². The van der Waals surface area contributed by atoms with E-state index in [0.29, 0.717) is 33.0 Å². The van der Waals surface area contributed by atoms with Crippen molar-refractivity contribution in [3.05, 3.63) is 66.6 Å². The molecule has 0 saturated carbocycles. The van der Waals surface area contributed by atoms with Crippen molar-refractivity contribution in [2.24, 2.45) is 0 Å². The van der Waals surface area contributed by atoms with E-state index in [-0.39, 0.29) is 17.6 Å². The molecule has 1 aromatic heterocycles. The van der Waals surface area contributed by atoms with E-state index in [4.69, 9.17) is 11.3 Å². The maximum absolute atomic E-state index is 9.60. The molecular formula is C18H13BO3. The van der Waals surface area contributed by atoms with Crippen molar-refractivity contribution >= 4 is 34.5 Å². The predicted molar refractivity (Wildman–Crippen MR) is 89.0 cm³/mol. The molecule has 0 aliphatic carbocycles. The number of rotatable bonds is 2. The van der Waals surface area contributed by atoms with Crippen molar-refractivity contribution in [2.45, 2.75) is 0 Å². The van der Waals surface area contributed by atoms with Gasteiger partial charge in [-0.25, -0.2) is 0 Å². The summed E-state index contributed by atoms with van der Waals surface area (Å²) < 4.78 is 45.4. The van der Waals surface area contributed by atoms with Gasteiger partial charge in [-0.05, 0) is 34.8 Å². The Bertz CT molecular complexity index is 1190. The Morgan fingerprint density at radius 3 is 2.50 bits per heavy atom. The molecule has 1 heterocycles. The topological polar surface area (TPSA) is 53.6 Å². The van der Waals surface area contributed by atoms with Crippen molar-refractivity contribution in [1.29, 1.82) is 0 Å². The quantitative estimate of drug-likeness (QED) is 0.559. The molecule has 0 spiro atoms. The Hall–Kier alpha value is -2.56. The SMILES string of the molecule is [2H]c1c([2H])c([2H])c(-c2ccc3c(c2)oc2cccc(B(O)O)c23)c([2H])c1[2H]. The fourth-order valence-corrected chi connectivity index (χ4v) is 2.62. The van der Waals surface area contributed by atoms with Crippen molar-refractivity contribution in [3.63, 3.8) is 0 Å². The second-order valence-electron chi connectivity index (χ2n) is 4.91. The Morgan fingerprint density at radius 1 is 0.909 bits per heavy atom. The maximum Gasteiger partial charge on any atom is 0.489 e. The molecule has 0 atom stereocenters. The minimum absolute atomic E-state index is 0.0887. The first-order chi connectivity index (χ1) is 12.8. The number of hydrogen-bond donors (Lipinski definition) is 2. The second-order valence-corrected chi connectivity index (χ2v) is 4.91. The van der Waals surface area contributed by atoms with Gasteiger partial charge in [0, 0.05) is 10.8 Å². The zero-order valence-electron chi connectivity index (χ0n) is 16.3. The van der Waals surface area contributed by atoms with Gasteiger partial charge in [0.2, 0.25) is 0 Å². The highest BCUT2D eigenvalue weighted by Crippen LogP contribution is 2.31. The van der Waals surface area contributed by atoms with Gasteiger partial charge >= 0.3 is 7.12 Å². The molecule has 22 heavy (non-hydrogen) atoms. The molecule has 0 aliphatic rings. The van der Waals surface area contributed by atoms with E-state index >= 15 is 0 Å². The third-order valence-electron chi connectivity index (χ3n) is 3.60. The molecule has 4 aromatic rings. The molecule has 0 bridgehead atoms. The van der Waals surface area contributed by atoms with Gasteiger partial charge in [0.05, 0.1) is 6.85 Å². The van der Waals surface area contributed by atoms with E-state index < -0.39 is 25.2 Å². The highest BCUT2D eigenvalue weighted by molar-refractivity contribution is 6.62. The monoisotopic (exact) mass is 293 g/mol. The zero-order chi connectivity index (χ0) is 19.5. The van der Waals surface area contributed by atoms with Crippen LogP contribution >= 0.6 is 0 Å². The van der Waals surface area contributed by atoms with Gasteiger partial charge in [-0.2, -0.15) is 0 Å². The van der Waals surface area contributed by atoms with Crippen LogP contribution in [0.4, 0.5) is 0 Å². The van der Waals surface area contributed by atoms with Crippen molar-refractivity contribution in [3.8, 4) is 11.1 Å².